The highest BCUT2D eigenvalue weighted by atomic mass is 32.1. The zero-order valence-corrected chi connectivity index (χ0v) is 15.6. The van der Waals surface area contributed by atoms with Crippen LogP contribution in [0.1, 0.15) is 20.8 Å². The lowest BCUT2D eigenvalue weighted by atomic mass is 10.1. The molecule has 0 bridgehead atoms. The Kier molecular flexibility index (Phi) is 4.71. The van der Waals surface area contributed by atoms with Gasteiger partial charge in [0.25, 0.3) is 5.91 Å². The van der Waals surface area contributed by atoms with E-state index in [0.717, 1.165) is 17.2 Å². The summed E-state index contributed by atoms with van der Waals surface area (Å²) in [7, 11) is 0. The molecule has 0 radical (unpaired) electrons. The van der Waals surface area contributed by atoms with Gasteiger partial charge < -0.3 is 11.1 Å². The second-order valence-corrected chi connectivity index (χ2v) is 7.14. The summed E-state index contributed by atoms with van der Waals surface area (Å²) in [5.41, 5.74) is 7.02. The van der Waals surface area contributed by atoms with E-state index in [9.17, 15) is 18.0 Å². The van der Waals surface area contributed by atoms with Gasteiger partial charge in [-0.1, -0.05) is 18.2 Å². The third kappa shape index (κ3) is 3.92. The predicted molar refractivity (Wildman–Crippen MR) is 103 cm³/mol. The summed E-state index contributed by atoms with van der Waals surface area (Å²) in [5, 5.41) is 8.39. The predicted octanol–water partition coefficient (Wildman–Crippen LogP) is 3.99. The van der Waals surface area contributed by atoms with Crippen LogP contribution >= 0.6 is 11.3 Å². The van der Waals surface area contributed by atoms with Crippen LogP contribution in [0.3, 0.4) is 0 Å². The first kappa shape index (κ1) is 18.9. The minimum atomic E-state index is -4.47. The first-order chi connectivity index (χ1) is 13.8. The van der Waals surface area contributed by atoms with Crippen molar-refractivity contribution in [2.45, 2.75) is 12.7 Å². The lowest BCUT2D eigenvalue weighted by Crippen LogP contribution is -2.23. The number of anilines is 1. The lowest BCUT2D eigenvalue weighted by Gasteiger charge is -2.12. The molecule has 29 heavy (non-hydrogen) atoms. The molecule has 0 spiro atoms. The van der Waals surface area contributed by atoms with Crippen molar-refractivity contribution in [1.29, 1.82) is 0 Å². The molecule has 4 aromatic rings. The van der Waals surface area contributed by atoms with Crippen molar-refractivity contribution < 1.29 is 18.0 Å². The van der Waals surface area contributed by atoms with E-state index in [1.165, 1.54) is 34.1 Å². The summed E-state index contributed by atoms with van der Waals surface area (Å²) in [5.74, 6) is -0.282. The van der Waals surface area contributed by atoms with Crippen LogP contribution in [-0.4, -0.2) is 20.5 Å². The molecule has 3 aromatic heterocycles. The van der Waals surface area contributed by atoms with Crippen molar-refractivity contribution in [2.24, 2.45) is 0 Å². The van der Waals surface area contributed by atoms with Gasteiger partial charge in [-0.15, -0.1) is 16.4 Å². The largest absolute Gasteiger partial charge is 0.416 e. The Morgan fingerprint density at radius 1 is 1.17 bits per heavy atom. The second-order valence-electron chi connectivity index (χ2n) is 6.23. The van der Waals surface area contributed by atoms with Crippen molar-refractivity contribution in [2.75, 3.05) is 5.73 Å². The molecule has 0 saturated heterocycles. The number of rotatable bonds is 4. The minimum absolute atomic E-state index is 0.0133. The van der Waals surface area contributed by atoms with Gasteiger partial charge in [0.15, 0.2) is 5.65 Å². The van der Waals surface area contributed by atoms with Gasteiger partial charge >= 0.3 is 6.18 Å². The quantitative estimate of drug-likeness (QED) is 0.526. The molecule has 0 aliphatic heterocycles. The number of nitrogens with zero attached hydrogens (tertiary/aromatic N) is 3. The lowest BCUT2D eigenvalue weighted by molar-refractivity contribution is -0.138. The van der Waals surface area contributed by atoms with Gasteiger partial charge in [-0.25, -0.2) is 4.52 Å². The minimum Gasteiger partial charge on any atom is -0.366 e. The van der Waals surface area contributed by atoms with Gasteiger partial charge in [0, 0.05) is 18.3 Å². The summed E-state index contributed by atoms with van der Waals surface area (Å²) in [6.45, 7) is -0.216. The van der Waals surface area contributed by atoms with E-state index in [0.29, 0.717) is 10.5 Å². The smallest absolute Gasteiger partial charge is 0.366 e. The van der Waals surface area contributed by atoms with Crippen LogP contribution in [-0.2, 0) is 12.7 Å². The fourth-order valence-electron chi connectivity index (χ4n) is 2.89. The number of benzene rings is 1. The fourth-order valence-corrected chi connectivity index (χ4v) is 3.72. The van der Waals surface area contributed by atoms with Crippen LogP contribution in [0.4, 0.5) is 19.1 Å². The zero-order valence-electron chi connectivity index (χ0n) is 14.8. The molecule has 0 saturated carbocycles. The molecule has 10 heteroatoms. The average molecular weight is 417 g/mol. The Morgan fingerprint density at radius 3 is 2.76 bits per heavy atom. The highest BCUT2D eigenvalue weighted by Gasteiger charge is 2.32. The third-order valence-corrected chi connectivity index (χ3v) is 5.20. The number of pyridine rings is 1. The van der Waals surface area contributed by atoms with Crippen LogP contribution < -0.4 is 11.1 Å². The van der Waals surface area contributed by atoms with E-state index in [1.54, 1.807) is 23.7 Å². The number of carbonyl (C=O) groups excluding carboxylic acids is 1. The van der Waals surface area contributed by atoms with Gasteiger partial charge in [0.1, 0.15) is 0 Å². The van der Waals surface area contributed by atoms with Gasteiger partial charge in [0.2, 0.25) is 5.95 Å². The molecule has 0 aliphatic carbocycles. The molecular formula is C19H14F3N5OS. The Balaban J connectivity index is 1.50. The van der Waals surface area contributed by atoms with Crippen molar-refractivity contribution in [3.8, 4) is 11.1 Å². The maximum Gasteiger partial charge on any atom is 0.416 e. The van der Waals surface area contributed by atoms with Crippen LogP contribution in [0.2, 0.25) is 0 Å². The molecule has 6 nitrogen and oxygen atoms in total. The summed E-state index contributed by atoms with van der Waals surface area (Å²) < 4.78 is 40.7. The zero-order chi connectivity index (χ0) is 20.6. The topological polar surface area (TPSA) is 85.3 Å². The van der Waals surface area contributed by atoms with E-state index in [2.05, 4.69) is 15.4 Å². The van der Waals surface area contributed by atoms with E-state index < -0.39 is 17.6 Å². The molecule has 0 atom stereocenters. The SMILES string of the molecule is Nc1nc2ccc(-c3csc(C(=O)NCc4ccccc4C(F)(F)F)c3)cn2n1. The summed E-state index contributed by atoms with van der Waals surface area (Å²) in [6, 6.07) is 10.4. The van der Waals surface area contributed by atoms with Crippen LogP contribution in [0.5, 0.6) is 0 Å². The van der Waals surface area contributed by atoms with Gasteiger partial charge in [0.05, 0.1) is 10.4 Å². The number of aromatic nitrogens is 3. The van der Waals surface area contributed by atoms with Crippen molar-refractivity contribution >= 4 is 28.8 Å². The molecule has 148 valence electrons. The van der Waals surface area contributed by atoms with Crippen LogP contribution in [0.25, 0.3) is 16.8 Å². The van der Waals surface area contributed by atoms with Crippen molar-refractivity contribution in [3.05, 3.63) is 70.0 Å². The monoisotopic (exact) mass is 417 g/mol. The molecule has 0 fully saturated rings. The van der Waals surface area contributed by atoms with Crippen LogP contribution in [0.15, 0.2) is 54.0 Å². The summed E-state index contributed by atoms with van der Waals surface area (Å²) in [6.07, 6.45) is -2.73. The maximum absolute atomic E-state index is 13.1. The van der Waals surface area contributed by atoms with Gasteiger partial charge in [-0.2, -0.15) is 18.2 Å². The summed E-state index contributed by atoms with van der Waals surface area (Å²) >= 11 is 1.20. The van der Waals surface area contributed by atoms with Crippen LogP contribution in [0, 0.1) is 0 Å². The molecule has 1 aromatic carbocycles. The first-order valence-corrected chi connectivity index (χ1v) is 9.33. The molecular weight excluding hydrogens is 403 g/mol. The number of carbonyl (C=O) groups is 1. The Labute approximate surface area is 166 Å². The molecule has 3 heterocycles. The second kappa shape index (κ2) is 7.21. The van der Waals surface area contributed by atoms with Crippen molar-refractivity contribution in [3.63, 3.8) is 0 Å². The van der Waals surface area contributed by atoms with E-state index >= 15 is 0 Å². The summed E-state index contributed by atoms with van der Waals surface area (Å²) in [4.78, 5) is 16.9. The maximum atomic E-state index is 13.1. The number of thiophene rings is 1. The highest BCUT2D eigenvalue weighted by Crippen LogP contribution is 2.32. The van der Waals surface area contributed by atoms with Crippen molar-refractivity contribution in [1.82, 2.24) is 19.9 Å². The Morgan fingerprint density at radius 2 is 1.97 bits per heavy atom. The Hall–Kier alpha value is -3.40. The number of alkyl halides is 3. The number of nitrogens with one attached hydrogen (secondary N) is 1. The number of amides is 1. The number of nitrogens with two attached hydrogens (primary N) is 1. The third-order valence-electron chi connectivity index (χ3n) is 4.27. The van der Waals surface area contributed by atoms with E-state index in [1.807, 2.05) is 6.07 Å². The molecule has 4 rings (SSSR count). The molecule has 1 amide bonds. The number of nitrogen functional groups attached to an aromatic ring is 1. The van der Waals surface area contributed by atoms with Gasteiger partial charge in [-0.3, -0.25) is 4.79 Å². The number of hydrogen-bond donors (Lipinski definition) is 2. The normalized spacial score (nSPS) is 11.7. The number of halogens is 3. The standard InChI is InChI=1S/C19H14F3N5OS/c20-19(21,22)14-4-2-1-3-11(14)8-24-17(28)15-7-13(10-29-15)12-5-6-16-25-18(23)26-27(16)9-12/h1-7,9-10H,8H2,(H2,23,26)(H,24,28). The highest BCUT2D eigenvalue weighted by molar-refractivity contribution is 7.12. The number of hydrogen-bond acceptors (Lipinski definition) is 5. The Bertz CT molecular complexity index is 1200. The fraction of sp³-hybridized carbons (Fsp3) is 0.105. The molecule has 3 N–H and O–H groups in total. The molecule has 0 aliphatic rings. The first-order valence-electron chi connectivity index (χ1n) is 8.45. The van der Waals surface area contributed by atoms with Gasteiger partial charge in [-0.05, 0) is 40.8 Å². The van der Waals surface area contributed by atoms with E-state index in [4.69, 9.17) is 5.73 Å². The number of fused-ring (bicyclic) bond motifs is 1. The average Bonchev–Trinajstić information content (AvgIpc) is 3.31. The molecule has 0 unspecified atom stereocenters. The van der Waals surface area contributed by atoms with E-state index in [-0.39, 0.29) is 18.1 Å².